The zero-order valence-corrected chi connectivity index (χ0v) is 33.6. The fourth-order valence-corrected chi connectivity index (χ4v) is 4.74. The van der Waals surface area contributed by atoms with Gasteiger partial charge >= 0.3 is 103 Å². The molecule has 0 amide bonds. The topological polar surface area (TPSA) is 161 Å². The van der Waals surface area contributed by atoms with Crippen molar-refractivity contribution in [3.8, 4) is 23.5 Å². The first kappa shape index (κ1) is 41.5. The molecule has 8 rings (SSSR count). The van der Waals surface area contributed by atoms with Crippen LogP contribution in [0, 0.1) is 34.3 Å². The number of hydrogen-bond acceptors (Lipinski definition) is 8. The number of hydrogen-bond donors (Lipinski definition) is 1. The summed E-state index contributed by atoms with van der Waals surface area (Å²) in [5.74, 6) is -1.92. The summed E-state index contributed by atoms with van der Waals surface area (Å²) >= 11 is 0. The second kappa shape index (κ2) is 20.8. The summed E-state index contributed by atoms with van der Waals surface area (Å²) in [7, 11) is 0. The van der Waals surface area contributed by atoms with Crippen molar-refractivity contribution in [1.29, 1.82) is 10.5 Å². The molecular formula is C36H24F2K2N8O3. The Hall–Kier alpha value is -3.95. The van der Waals surface area contributed by atoms with Crippen molar-refractivity contribution in [1.82, 2.24) is 29.1 Å². The van der Waals surface area contributed by atoms with Gasteiger partial charge in [-0.2, -0.15) is 10.5 Å². The van der Waals surface area contributed by atoms with Gasteiger partial charge in [0.05, 0.1) is 74.1 Å². The van der Waals surface area contributed by atoms with Crippen LogP contribution in [0.25, 0.3) is 44.5 Å². The zero-order valence-electron chi connectivity index (χ0n) is 28.3. The molecule has 51 heavy (non-hydrogen) atoms. The molecule has 3 heterocycles. The number of imidazole rings is 3. The number of nitrogens with zero attached hydrogens (tertiary/aromatic N) is 7. The molecule has 0 radical (unpaired) electrons. The van der Waals surface area contributed by atoms with Crippen molar-refractivity contribution in [3.63, 3.8) is 0 Å². The van der Waals surface area contributed by atoms with E-state index in [0.29, 0.717) is 5.56 Å². The Morgan fingerprint density at radius 1 is 0.686 bits per heavy atom. The molecule has 0 atom stereocenters. The van der Waals surface area contributed by atoms with E-state index in [1.165, 1.54) is 6.07 Å². The molecule has 3 aromatic heterocycles. The van der Waals surface area contributed by atoms with Gasteiger partial charge in [-0.3, -0.25) is 13.9 Å². The van der Waals surface area contributed by atoms with Crippen LogP contribution in [-0.4, -0.2) is 35.5 Å². The number of H-pyrrole nitrogens is 1. The van der Waals surface area contributed by atoms with E-state index in [0.717, 1.165) is 56.6 Å². The molecule has 5 aromatic carbocycles. The Balaban J connectivity index is 0.000000298. The van der Waals surface area contributed by atoms with Gasteiger partial charge in [-0.05, 0) is 72.8 Å². The fourth-order valence-electron chi connectivity index (χ4n) is 4.74. The molecule has 15 heteroatoms. The van der Waals surface area contributed by atoms with Gasteiger partial charge in [0.2, 0.25) is 0 Å². The smallest absolute Gasteiger partial charge is 1.00 e. The third-order valence-electron chi connectivity index (χ3n) is 6.95. The monoisotopic (exact) mass is 732 g/mol. The number of para-hydroxylation sites is 6. The maximum absolute atomic E-state index is 12.2. The van der Waals surface area contributed by atoms with Crippen LogP contribution < -0.4 is 108 Å². The number of aromatic amines is 1. The van der Waals surface area contributed by atoms with E-state index in [4.69, 9.17) is 15.3 Å². The van der Waals surface area contributed by atoms with Gasteiger partial charge in [0.25, 0.3) is 6.47 Å². The summed E-state index contributed by atoms with van der Waals surface area (Å²) in [6, 6.07) is 36.5. The molecule has 0 saturated heterocycles. The summed E-state index contributed by atoms with van der Waals surface area (Å²) in [6.45, 7) is -0.181. The van der Waals surface area contributed by atoms with Crippen LogP contribution in [0.15, 0.2) is 128 Å². The number of fused-ring (bicyclic) bond motifs is 3. The maximum atomic E-state index is 12.2. The molecule has 1 N–H and O–H groups in total. The van der Waals surface area contributed by atoms with E-state index >= 15 is 0 Å². The van der Waals surface area contributed by atoms with Gasteiger partial charge in [-0.1, -0.05) is 36.4 Å². The van der Waals surface area contributed by atoms with Crippen LogP contribution in [0.3, 0.4) is 0 Å². The number of halogens is 2. The summed E-state index contributed by atoms with van der Waals surface area (Å²) < 4.78 is 28.4. The second-order valence-corrected chi connectivity index (χ2v) is 9.87. The number of aromatic nitrogens is 6. The first-order chi connectivity index (χ1) is 24.0. The standard InChI is InChI=1S/C21H13N5.C7H3F2N.C7H6N2.CH2O3.2K.H/c22-12-15-9-10-20(25-13-23-16-5-1-3-7-18(16)25)21(11-15)26-14-24-17-6-2-4-8-19(17)26;8-6-2-1-5(4-10)3-7(6)9;1-2-4-7-6(3-1)8-5-9-7;2-1-4-3;;;/h1-11,13-14H;1-3H;1-5H,(H,8,9);1,3H;;;/q;;;;2*+1;-1/p-1. The Bertz CT molecular complexity index is 2430. The number of benzene rings is 5. The van der Waals surface area contributed by atoms with Crippen molar-refractivity contribution in [2.45, 2.75) is 0 Å². The van der Waals surface area contributed by atoms with E-state index in [1.807, 2.05) is 106 Å². The molecule has 8 aromatic rings. The largest absolute Gasteiger partial charge is 1.00 e. The zero-order chi connectivity index (χ0) is 34.6. The molecule has 0 aliphatic rings. The molecule has 11 nitrogen and oxygen atoms in total. The molecule has 0 fully saturated rings. The third kappa shape index (κ3) is 10.5. The maximum Gasteiger partial charge on any atom is 1.00 e. The predicted octanol–water partition coefficient (Wildman–Crippen LogP) is 0.191. The van der Waals surface area contributed by atoms with Crippen molar-refractivity contribution in [2.24, 2.45) is 0 Å². The van der Waals surface area contributed by atoms with Crippen molar-refractivity contribution >= 4 is 39.6 Å². The summed E-state index contributed by atoms with van der Waals surface area (Å²) in [6.07, 6.45) is 5.31. The Morgan fingerprint density at radius 3 is 1.75 bits per heavy atom. The van der Waals surface area contributed by atoms with Crippen LogP contribution in [0.4, 0.5) is 8.78 Å². The van der Waals surface area contributed by atoms with Gasteiger partial charge < -0.3 is 16.6 Å². The Labute approximate surface area is 376 Å². The van der Waals surface area contributed by atoms with Crippen molar-refractivity contribution < 1.29 is 128 Å². The van der Waals surface area contributed by atoms with Crippen molar-refractivity contribution in [2.75, 3.05) is 0 Å². The molecular weight excluding hydrogens is 709 g/mol. The van der Waals surface area contributed by atoms with E-state index < -0.39 is 11.6 Å². The van der Waals surface area contributed by atoms with E-state index in [2.05, 4.69) is 30.9 Å². The number of carbonyl (C=O) groups excluding carboxylic acids is 1. The van der Waals surface area contributed by atoms with Crippen LogP contribution in [0.1, 0.15) is 12.6 Å². The van der Waals surface area contributed by atoms with Gasteiger partial charge in [0.15, 0.2) is 11.6 Å². The average molecular weight is 733 g/mol. The van der Waals surface area contributed by atoms with Gasteiger partial charge in [-0.25, -0.2) is 23.7 Å². The Kier molecular flexibility index (Phi) is 16.9. The van der Waals surface area contributed by atoms with E-state index in [-0.39, 0.29) is 116 Å². The number of carbonyl (C=O) groups is 1. The third-order valence-corrected chi connectivity index (χ3v) is 6.95. The SMILES string of the molecule is N#Cc1ccc(-n2cnc3ccccc32)c(-n2cnc3ccccc32)c1.N#Cc1ccc(F)c(F)c1.O=CO[O-].[H-].[K+].[K+].c1ccc2[nH]cnc2c1. The van der Waals surface area contributed by atoms with Crippen LogP contribution in [-0.2, 0) is 9.68 Å². The molecule has 0 bridgehead atoms. The van der Waals surface area contributed by atoms with Gasteiger partial charge in [0, 0.05) is 0 Å². The number of nitriles is 2. The number of nitrogens with one attached hydrogen (secondary N) is 1. The molecule has 0 aliphatic carbocycles. The van der Waals surface area contributed by atoms with Gasteiger partial charge in [0.1, 0.15) is 12.7 Å². The molecule has 0 unspecified atom stereocenters. The quantitative estimate of drug-likeness (QED) is 0.117. The van der Waals surface area contributed by atoms with E-state index in [1.54, 1.807) is 18.7 Å². The van der Waals surface area contributed by atoms with Gasteiger partial charge in [-0.15, -0.1) is 0 Å². The van der Waals surface area contributed by atoms with Crippen LogP contribution in [0.2, 0.25) is 0 Å². The summed E-state index contributed by atoms with van der Waals surface area (Å²) in [5.41, 5.74) is 8.53. The minimum atomic E-state index is -0.987. The minimum Gasteiger partial charge on any atom is -1.00 e. The fraction of sp³-hybridized carbons (Fsp3) is 0. The molecule has 242 valence electrons. The number of rotatable bonds is 3. The second-order valence-electron chi connectivity index (χ2n) is 9.87. The Morgan fingerprint density at radius 2 is 1.20 bits per heavy atom. The normalized spacial score (nSPS) is 9.59. The first-order valence-electron chi connectivity index (χ1n) is 14.3. The summed E-state index contributed by atoms with van der Waals surface area (Å²) in [5, 5.41) is 26.0. The predicted molar refractivity (Wildman–Crippen MR) is 176 cm³/mol. The average Bonchev–Trinajstić information content (AvgIpc) is 3.92. The summed E-state index contributed by atoms with van der Waals surface area (Å²) in [4.78, 5) is 27.3. The van der Waals surface area contributed by atoms with Crippen molar-refractivity contribution in [3.05, 3.63) is 151 Å². The van der Waals surface area contributed by atoms with Crippen LogP contribution >= 0.6 is 0 Å². The van der Waals surface area contributed by atoms with E-state index in [9.17, 15) is 14.0 Å². The minimum absolute atomic E-state index is 0. The molecule has 0 aliphatic heterocycles. The van der Waals surface area contributed by atoms with Crippen LogP contribution in [0.5, 0.6) is 0 Å². The molecule has 0 saturated carbocycles. The molecule has 0 spiro atoms. The first-order valence-corrected chi connectivity index (χ1v) is 14.3.